The van der Waals surface area contributed by atoms with Gasteiger partial charge in [-0.2, -0.15) is 0 Å². The maximum absolute atomic E-state index is 6.51. The second kappa shape index (κ2) is 6.55. The average molecular weight is 505 g/mol. The van der Waals surface area contributed by atoms with E-state index in [1.165, 1.54) is 16.4 Å². The number of nitrogens with zero attached hydrogens (tertiary/aromatic N) is 4. The summed E-state index contributed by atoms with van der Waals surface area (Å²) >= 11 is 0. The Labute approximate surface area is 222 Å². The van der Waals surface area contributed by atoms with Crippen molar-refractivity contribution in [1.29, 1.82) is 0 Å². The van der Waals surface area contributed by atoms with Gasteiger partial charge < -0.3 is 13.9 Å². The number of hydrogen-bond acceptors (Lipinski definition) is 2. The van der Waals surface area contributed by atoms with E-state index in [9.17, 15) is 0 Å². The SMILES string of the molecule is c1cc2c3c(c1)Oc1cccc[n+]1C31c3c(cccc3-n3cc(-c4ccc5ccc6ccccc6n45)c[n+]31)O2. The summed E-state index contributed by atoms with van der Waals surface area (Å²) in [6, 6.07) is 35.8. The number of para-hydroxylation sites is 1. The van der Waals surface area contributed by atoms with Gasteiger partial charge in [-0.1, -0.05) is 41.0 Å². The zero-order valence-electron chi connectivity index (χ0n) is 20.7. The van der Waals surface area contributed by atoms with E-state index in [2.05, 4.69) is 110 Å². The van der Waals surface area contributed by atoms with Gasteiger partial charge >= 0.3 is 11.5 Å². The zero-order valence-corrected chi connectivity index (χ0v) is 20.7. The first-order chi connectivity index (χ1) is 19.3. The third kappa shape index (κ3) is 2.18. The van der Waals surface area contributed by atoms with Crippen LogP contribution < -0.4 is 18.7 Å². The molecule has 0 saturated carbocycles. The van der Waals surface area contributed by atoms with Gasteiger partial charge in [0.05, 0.1) is 29.0 Å². The van der Waals surface area contributed by atoms with E-state index in [-0.39, 0.29) is 0 Å². The van der Waals surface area contributed by atoms with Crippen molar-refractivity contribution in [1.82, 2.24) is 9.08 Å². The van der Waals surface area contributed by atoms with E-state index in [0.717, 1.165) is 51.2 Å². The molecule has 182 valence electrons. The lowest BCUT2D eigenvalue weighted by Gasteiger charge is -2.31. The standard InChI is InChI=1S/C33H20N4O2/c1-2-8-24-21(7-1)14-15-23-16-17-25(37(23)24)22-19-35-26-9-5-10-27-31(26)33(36(35)20-22)32-28(38-27)11-6-12-29(32)39-30-13-3-4-18-34(30)33/h1-20H/q+2. The summed E-state index contributed by atoms with van der Waals surface area (Å²) in [6.07, 6.45) is 6.62. The van der Waals surface area contributed by atoms with E-state index in [1.54, 1.807) is 0 Å². The second-order valence-corrected chi connectivity index (χ2v) is 10.3. The first kappa shape index (κ1) is 19.7. The molecule has 1 atom stereocenters. The van der Waals surface area contributed by atoms with Gasteiger partial charge in [0.15, 0.2) is 23.1 Å². The van der Waals surface area contributed by atoms with Crippen LogP contribution in [0.15, 0.2) is 122 Å². The number of benzene rings is 3. The summed E-state index contributed by atoms with van der Waals surface area (Å²) in [5.41, 5.74) is 7.16. The Hall–Kier alpha value is -5.36. The van der Waals surface area contributed by atoms with Crippen LogP contribution in [-0.2, 0) is 5.66 Å². The number of fused-ring (bicyclic) bond motifs is 6. The molecule has 4 aromatic heterocycles. The van der Waals surface area contributed by atoms with Crippen molar-refractivity contribution in [3.8, 4) is 40.1 Å². The third-order valence-corrected chi connectivity index (χ3v) is 8.45. The Morgan fingerprint density at radius 1 is 0.667 bits per heavy atom. The van der Waals surface area contributed by atoms with Crippen molar-refractivity contribution < 1.29 is 18.7 Å². The summed E-state index contributed by atoms with van der Waals surface area (Å²) in [7, 11) is 0. The fourth-order valence-corrected chi connectivity index (χ4v) is 6.96. The number of hydrogen-bond donors (Lipinski definition) is 0. The normalized spacial score (nSPS) is 17.2. The lowest BCUT2D eigenvalue weighted by atomic mass is 9.85. The lowest BCUT2D eigenvalue weighted by molar-refractivity contribution is -0.997. The van der Waals surface area contributed by atoms with Crippen LogP contribution in [0, 0.1) is 0 Å². The molecule has 6 heteroatoms. The van der Waals surface area contributed by atoms with Crippen LogP contribution in [0.3, 0.4) is 0 Å². The molecule has 10 rings (SSSR count). The highest BCUT2D eigenvalue weighted by Gasteiger charge is 2.71. The summed E-state index contributed by atoms with van der Waals surface area (Å²) in [5.74, 6) is 3.26. The Bertz CT molecular complexity index is 2190. The minimum Gasteiger partial charge on any atom is -0.455 e. The zero-order chi connectivity index (χ0) is 25.3. The fraction of sp³-hybridized carbons (Fsp3) is 0.0303. The van der Waals surface area contributed by atoms with Crippen LogP contribution in [0.2, 0.25) is 0 Å². The smallest absolute Gasteiger partial charge is 0.452 e. The molecule has 0 radical (unpaired) electrons. The van der Waals surface area contributed by atoms with E-state index in [4.69, 9.17) is 9.47 Å². The van der Waals surface area contributed by atoms with Gasteiger partial charge in [0.1, 0.15) is 17.2 Å². The van der Waals surface area contributed by atoms with Crippen molar-refractivity contribution in [2.45, 2.75) is 5.66 Å². The molecule has 0 amide bonds. The number of ether oxygens (including phenoxy) is 2. The average Bonchev–Trinajstić information content (AvgIpc) is 3.67. The lowest BCUT2D eigenvalue weighted by Crippen LogP contribution is -2.75. The van der Waals surface area contributed by atoms with Gasteiger partial charge in [0.2, 0.25) is 6.20 Å². The van der Waals surface area contributed by atoms with Crippen LogP contribution in [0.25, 0.3) is 33.4 Å². The van der Waals surface area contributed by atoms with Crippen molar-refractivity contribution in [3.05, 3.63) is 133 Å². The summed E-state index contributed by atoms with van der Waals surface area (Å²) in [5, 5.41) is 1.22. The van der Waals surface area contributed by atoms with Crippen molar-refractivity contribution in [2.75, 3.05) is 0 Å². The molecule has 39 heavy (non-hydrogen) atoms. The molecular formula is C33H20N4O2+2. The molecule has 0 aliphatic carbocycles. The van der Waals surface area contributed by atoms with Gasteiger partial charge in [-0.3, -0.25) is 0 Å². The van der Waals surface area contributed by atoms with E-state index in [1.807, 2.05) is 30.3 Å². The molecule has 7 heterocycles. The molecule has 0 bridgehead atoms. The highest BCUT2D eigenvalue weighted by molar-refractivity contribution is 5.86. The molecule has 1 spiro atoms. The number of aromatic nitrogens is 4. The molecule has 0 fully saturated rings. The van der Waals surface area contributed by atoms with Crippen LogP contribution >= 0.6 is 0 Å². The Balaban J connectivity index is 1.35. The third-order valence-electron chi connectivity index (χ3n) is 8.45. The summed E-state index contributed by atoms with van der Waals surface area (Å²) in [4.78, 5) is 0. The second-order valence-electron chi connectivity index (χ2n) is 10.3. The number of pyridine rings is 2. The topological polar surface area (TPSA) is 35.6 Å². The monoisotopic (exact) mass is 504 g/mol. The maximum Gasteiger partial charge on any atom is 0.452 e. The van der Waals surface area contributed by atoms with Crippen molar-refractivity contribution >= 4 is 16.4 Å². The number of rotatable bonds is 1. The quantitative estimate of drug-likeness (QED) is 0.259. The van der Waals surface area contributed by atoms with Crippen molar-refractivity contribution in [2.24, 2.45) is 0 Å². The first-order valence-electron chi connectivity index (χ1n) is 13.1. The van der Waals surface area contributed by atoms with Gasteiger partial charge in [-0.25, -0.2) is 0 Å². The van der Waals surface area contributed by atoms with Crippen LogP contribution in [0.4, 0.5) is 0 Å². The largest absolute Gasteiger partial charge is 0.455 e. The van der Waals surface area contributed by atoms with Gasteiger partial charge in [-0.15, -0.1) is 4.68 Å². The molecule has 0 N–H and O–H groups in total. The highest BCUT2D eigenvalue weighted by Crippen LogP contribution is 2.55. The molecule has 7 aromatic rings. The minimum atomic E-state index is -0.696. The minimum absolute atomic E-state index is 0.696. The van der Waals surface area contributed by atoms with Crippen LogP contribution in [0.1, 0.15) is 11.1 Å². The molecular weight excluding hydrogens is 484 g/mol. The predicted octanol–water partition coefficient (Wildman–Crippen LogP) is 5.95. The first-order valence-corrected chi connectivity index (χ1v) is 13.1. The summed E-state index contributed by atoms with van der Waals surface area (Å²) in [6.45, 7) is 0. The Morgan fingerprint density at radius 3 is 2.41 bits per heavy atom. The Kier molecular flexibility index (Phi) is 3.31. The Morgan fingerprint density at radius 2 is 1.46 bits per heavy atom. The molecule has 3 aromatic carbocycles. The van der Waals surface area contributed by atoms with Gasteiger partial charge in [-0.05, 0) is 64.7 Å². The highest BCUT2D eigenvalue weighted by atomic mass is 16.5. The van der Waals surface area contributed by atoms with Crippen LogP contribution in [0.5, 0.6) is 23.1 Å². The predicted molar refractivity (Wildman–Crippen MR) is 145 cm³/mol. The maximum atomic E-state index is 6.51. The van der Waals surface area contributed by atoms with Gasteiger partial charge in [0.25, 0.3) is 0 Å². The van der Waals surface area contributed by atoms with Gasteiger partial charge in [0, 0.05) is 11.6 Å². The molecule has 3 aliphatic rings. The fourth-order valence-electron chi connectivity index (χ4n) is 6.96. The molecule has 0 saturated heterocycles. The molecule has 6 nitrogen and oxygen atoms in total. The van der Waals surface area contributed by atoms with E-state index < -0.39 is 5.66 Å². The summed E-state index contributed by atoms with van der Waals surface area (Å²) < 4.78 is 22.2. The molecule has 3 aliphatic heterocycles. The van der Waals surface area contributed by atoms with E-state index >= 15 is 0 Å². The van der Waals surface area contributed by atoms with Crippen molar-refractivity contribution in [3.63, 3.8) is 0 Å². The molecule has 1 unspecified atom stereocenters. The van der Waals surface area contributed by atoms with E-state index in [0.29, 0.717) is 0 Å². The van der Waals surface area contributed by atoms with Crippen LogP contribution in [-0.4, -0.2) is 9.08 Å².